The van der Waals surface area contributed by atoms with E-state index >= 15 is 0 Å². The van der Waals surface area contributed by atoms with Crippen LogP contribution < -0.4 is 0 Å². The van der Waals surface area contributed by atoms with Crippen LogP contribution in [0.25, 0.3) is 0 Å². The number of aromatic nitrogens is 1. The molecule has 2 aromatic rings. The van der Waals surface area contributed by atoms with Crippen molar-refractivity contribution in [3.05, 3.63) is 52.3 Å². The van der Waals surface area contributed by atoms with Gasteiger partial charge in [0.2, 0.25) is 0 Å². The van der Waals surface area contributed by atoms with Gasteiger partial charge in [-0.1, -0.05) is 17.7 Å². The molecule has 0 fully saturated rings. The Kier molecular flexibility index (Phi) is 6.69. The molecule has 0 spiro atoms. The van der Waals surface area contributed by atoms with Crippen molar-refractivity contribution in [3.8, 4) is 0 Å². The second-order valence-corrected chi connectivity index (χ2v) is 7.28. The van der Waals surface area contributed by atoms with Crippen molar-refractivity contribution in [1.29, 1.82) is 0 Å². The maximum Gasteiger partial charge on any atom is 0.174 e. The Labute approximate surface area is 149 Å². The summed E-state index contributed by atoms with van der Waals surface area (Å²) in [5.41, 5.74) is 5.54. The topological polar surface area (TPSA) is 31.2 Å². The molecule has 2 rings (SSSR count). The summed E-state index contributed by atoms with van der Waals surface area (Å²) in [6.45, 7) is 9.92. The maximum absolute atomic E-state index is 12.7. The van der Waals surface area contributed by atoms with Gasteiger partial charge in [-0.2, -0.15) is 0 Å². The molecule has 0 atom stereocenters. The first-order valence-electron chi connectivity index (χ1n) is 8.33. The predicted octanol–water partition coefficient (Wildman–Crippen LogP) is 4.73. The van der Waals surface area contributed by atoms with E-state index in [0.29, 0.717) is 5.75 Å². The maximum atomic E-state index is 12.7. The van der Waals surface area contributed by atoms with E-state index in [0.717, 1.165) is 36.5 Å². The molecule has 0 aliphatic carbocycles. The molecule has 0 bridgehead atoms. The number of rotatable bonds is 8. The lowest BCUT2D eigenvalue weighted by Crippen LogP contribution is -2.08. The summed E-state index contributed by atoms with van der Waals surface area (Å²) >= 11 is 1.63. The van der Waals surface area contributed by atoms with E-state index in [-0.39, 0.29) is 5.78 Å². The Hall–Kier alpha value is -1.52. The average molecular weight is 346 g/mol. The summed E-state index contributed by atoms with van der Waals surface area (Å²) in [5.74, 6) is 0.678. The Morgan fingerprint density at radius 3 is 2.58 bits per heavy atom. The molecular formula is C20H27NO2S. The number of hydrogen-bond donors (Lipinski definition) is 0. The first kappa shape index (κ1) is 18.8. The van der Waals surface area contributed by atoms with Gasteiger partial charge in [-0.25, -0.2) is 0 Å². The lowest BCUT2D eigenvalue weighted by Gasteiger charge is -2.09. The zero-order chi connectivity index (χ0) is 17.7. The molecule has 3 nitrogen and oxygen atoms in total. The summed E-state index contributed by atoms with van der Waals surface area (Å²) in [5, 5.41) is 0. The number of carbonyl (C=O) groups is 1. The molecule has 1 aromatic heterocycles. The molecule has 4 heteroatoms. The van der Waals surface area contributed by atoms with E-state index in [1.807, 2.05) is 13.0 Å². The van der Waals surface area contributed by atoms with Gasteiger partial charge < -0.3 is 9.30 Å². The summed E-state index contributed by atoms with van der Waals surface area (Å²) in [6.07, 6.45) is 0.956. The van der Waals surface area contributed by atoms with E-state index < -0.39 is 0 Å². The van der Waals surface area contributed by atoms with Gasteiger partial charge in [-0.05, 0) is 51.8 Å². The SMILES string of the molecule is COCCCn1c(C)cc(C(=O)CSc2ccc(C)cc2C)c1C. The van der Waals surface area contributed by atoms with Gasteiger partial charge in [0.05, 0.1) is 5.75 Å². The smallest absolute Gasteiger partial charge is 0.174 e. The quantitative estimate of drug-likeness (QED) is 0.394. The summed E-state index contributed by atoms with van der Waals surface area (Å²) in [4.78, 5) is 13.8. The van der Waals surface area contributed by atoms with Gasteiger partial charge in [-0.3, -0.25) is 4.79 Å². The van der Waals surface area contributed by atoms with Crippen LogP contribution in [0.4, 0.5) is 0 Å². The molecule has 0 aliphatic rings. The van der Waals surface area contributed by atoms with Crippen molar-refractivity contribution in [2.45, 2.75) is 45.6 Å². The molecule has 0 N–H and O–H groups in total. The van der Waals surface area contributed by atoms with Crippen LogP contribution in [-0.2, 0) is 11.3 Å². The minimum atomic E-state index is 0.200. The molecule has 0 saturated carbocycles. The van der Waals surface area contributed by atoms with E-state index in [1.54, 1.807) is 18.9 Å². The fourth-order valence-corrected chi connectivity index (χ4v) is 3.87. The number of Topliss-reactive ketones (excluding diaryl/α,β-unsaturated/α-hetero) is 1. The molecule has 0 aliphatic heterocycles. The zero-order valence-electron chi connectivity index (χ0n) is 15.3. The number of thioether (sulfide) groups is 1. The van der Waals surface area contributed by atoms with Gasteiger partial charge in [0, 0.05) is 42.1 Å². The average Bonchev–Trinajstić information content (AvgIpc) is 2.82. The molecule has 1 heterocycles. The number of aryl methyl sites for hydroxylation is 3. The van der Waals surface area contributed by atoms with Crippen molar-refractivity contribution >= 4 is 17.5 Å². The van der Waals surface area contributed by atoms with Gasteiger partial charge >= 0.3 is 0 Å². The monoisotopic (exact) mass is 345 g/mol. The Balaban J connectivity index is 2.05. The number of benzene rings is 1. The van der Waals surface area contributed by atoms with Crippen LogP contribution in [0.15, 0.2) is 29.2 Å². The Morgan fingerprint density at radius 1 is 1.17 bits per heavy atom. The molecule has 1 aromatic carbocycles. The number of nitrogens with zero attached hydrogens (tertiary/aromatic N) is 1. The van der Waals surface area contributed by atoms with E-state index in [1.165, 1.54) is 16.0 Å². The molecule has 0 radical (unpaired) electrons. The fourth-order valence-electron chi connectivity index (χ4n) is 2.98. The van der Waals surface area contributed by atoms with Crippen LogP contribution in [0, 0.1) is 27.7 Å². The predicted molar refractivity (Wildman–Crippen MR) is 101 cm³/mol. The third-order valence-corrected chi connectivity index (χ3v) is 5.47. The van der Waals surface area contributed by atoms with Crippen LogP contribution >= 0.6 is 11.8 Å². The number of hydrogen-bond acceptors (Lipinski definition) is 3. The standard InChI is InChI=1S/C20H27NO2S/c1-14-7-8-20(15(2)11-14)24-13-19(22)18-12-16(3)21(17(18)4)9-6-10-23-5/h7-8,11-12H,6,9-10,13H2,1-5H3. The van der Waals surface area contributed by atoms with E-state index in [4.69, 9.17) is 4.74 Å². The van der Waals surface area contributed by atoms with Crippen LogP contribution in [0.3, 0.4) is 0 Å². The number of ketones is 1. The first-order chi connectivity index (χ1) is 11.4. The largest absolute Gasteiger partial charge is 0.385 e. The lowest BCUT2D eigenvalue weighted by atomic mass is 10.2. The molecule has 0 saturated heterocycles. The highest BCUT2D eigenvalue weighted by atomic mass is 32.2. The van der Waals surface area contributed by atoms with Gasteiger partial charge in [-0.15, -0.1) is 11.8 Å². The van der Waals surface area contributed by atoms with Crippen LogP contribution in [0.2, 0.25) is 0 Å². The second kappa shape index (κ2) is 8.54. The molecule has 0 amide bonds. The van der Waals surface area contributed by atoms with Crippen LogP contribution in [0.5, 0.6) is 0 Å². The van der Waals surface area contributed by atoms with Crippen molar-refractivity contribution in [2.24, 2.45) is 0 Å². The highest BCUT2D eigenvalue weighted by Crippen LogP contribution is 2.25. The zero-order valence-corrected chi connectivity index (χ0v) is 16.1. The Morgan fingerprint density at radius 2 is 1.92 bits per heavy atom. The number of carbonyl (C=O) groups excluding carboxylic acids is 1. The Bertz CT molecular complexity index is 719. The normalized spacial score (nSPS) is 11.0. The number of methoxy groups -OCH3 is 1. The third-order valence-electron chi connectivity index (χ3n) is 4.29. The van der Waals surface area contributed by atoms with Crippen LogP contribution in [-0.4, -0.2) is 29.8 Å². The minimum absolute atomic E-state index is 0.200. The van der Waals surface area contributed by atoms with Crippen molar-refractivity contribution in [2.75, 3.05) is 19.5 Å². The van der Waals surface area contributed by atoms with Crippen molar-refractivity contribution < 1.29 is 9.53 Å². The third kappa shape index (κ3) is 4.52. The number of ether oxygens (including phenoxy) is 1. The summed E-state index contributed by atoms with van der Waals surface area (Å²) in [7, 11) is 1.72. The molecular weight excluding hydrogens is 318 g/mol. The summed E-state index contributed by atoms with van der Waals surface area (Å²) in [6, 6.07) is 8.39. The molecule has 24 heavy (non-hydrogen) atoms. The lowest BCUT2D eigenvalue weighted by molar-refractivity contribution is 0.102. The highest BCUT2D eigenvalue weighted by Gasteiger charge is 2.16. The molecule has 0 unspecified atom stereocenters. The van der Waals surface area contributed by atoms with E-state index in [2.05, 4.69) is 43.5 Å². The fraction of sp³-hybridized carbons (Fsp3) is 0.450. The second-order valence-electron chi connectivity index (χ2n) is 6.26. The molecule has 130 valence electrons. The first-order valence-corrected chi connectivity index (χ1v) is 9.31. The van der Waals surface area contributed by atoms with Crippen LogP contribution in [0.1, 0.15) is 39.3 Å². The van der Waals surface area contributed by atoms with Crippen molar-refractivity contribution in [1.82, 2.24) is 4.57 Å². The summed E-state index contributed by atoms with van der Waals surface area (Å²) < 4.78 is 7.34. The van der Waals surface area contributed by atoms with Gasteiger partial charge in [0.25, 0.3) is 0 Å². The van der Waals surface area contributed by atoms with E-state index in [9.17, 15) is 4.79 Å². The minimum Gasteiger partial charge on any atom is -0.385 e. The van der Waals surface area contributed by atoms with Crippen molar-refractivity contribution in [3.63, 3.8) is 0 Å². The van der Waals surface area contributed by atoms with Gasteiger partial charge in [0.15, 0.2) is 5.78 Å². The highest BCUT2D eigenvalue weighted by molar-refractivity contribution is 8.00. The van der Waals surface area contributed by atoms with Gasteiger partial charge in [0.1, 0.15) is 0 Å².